The van der Waals surface area contributed by atoms with Crippen LogP contribution in [0.3, 0.4) is 0 Å². The van der Waals surface area contributed by atoms with E-state index in [2.05, 4.69) is 16.2 Å². The first-order valence-corrected chi connectivity index (χ1v) is 8.97. The molecular weight excluding hydrogens is 324 g/mol. The number of hydrogen-bond donors (Lipinski definition) is 5. The molecule has 0 saturated carbocycles. The number of carbonyl (C=O) groups is 2. The van der Waals surface area contributed by atoms with Crippen molar-refractivity contribution >= 4 is 12.0 Å². The Kier molecular flexibility index (Phi) is 11.4. The van der Waals surface area contributed by atoms with E-state index in [0.29, 0.717) is 19.4 Å². The zero-order chi connectivity index (χ0) is 19.5. The monoisotopic (exact) mass is 360 g/mol. The minimum absolute atomic E-state index is 0.211. The van der Waals surface area contributed by atoms with Gasteiger partial charge < -0.3 is 20.9 Å². The number of hydrogen-bond acceptors (Lipinski definition) is 6. The lowest BCUT2D eigenvalue weighted by Gasteiger charge is -2.28. The number of rotatable bonds is 11. The molecule has 148 valence electrons. The molecule has 0 rings (SSSR count). The summed E-state index contributed by atoms with van der Waals surface area (Å²) in [7, 11) is 0. The van der Waals surface area contributed by atoms with Crippen LogP contribution >= 0.6 is 0 Å². The van der Waals surface area contributed by atoms with Crippen molar-refractivity contribution in [1.82, 2.24) is 16.2 Å². The first-order valence-electron chi connectivity index (χ1n) is 8.97. The van der Waals surface area contributed by atoms with Crippen molar-refractivity contribution in [3.63, 3.8) is 0 Å². The summed E-state index contributed by atoms with van der Waals surface area (Å²) in [6, 6.07) is -0.590. The fourth-order valence-electron chi connectivity index (χ4n) is 2.16. The Labute approximate surface area is 151 Å². The zero-order valence-electron chi connectivity index (χ0n) is 16.2. The molecule has 2 atom stereocenters. The molecule has 1 unspecified atom stereocenters. The van der Waals surface area contributed by atoms with Crippen molar-refractivity contribution in [2.75, 3.05) is 6.54 Å². The maximum atomic E-state index is 11.9. The molecule has 2 amide bonds. The maximum absolute atomic E-state index is 11.9. The summed E-state index contributed by atoms with van der Waals surface area (Å²) in [4.78, 5) is 23.7. The Hall–Kier alpha value is -1.38. The molecule has 0 radical (unpaired) electrons. The predicted octanol–water partition coefficient (Wildman–Crippen LogP) is 1.38. The van der Waals surface area contributed by atoms with E-state index in [1.54, 1.807) is 20.8 Å². The number of carbonyl (C=O) groups excluding carboxylic acids is 2. The van der Waals surface area contributed by atoms with Gasteiger partial charge in [0.2, 0.25) is 5.91 Å². The van der Waals surface area contributed by atoms with Gasteiger partial charge in [0.1, 0.15) is 11.8 Å². The van der Waals surface area contributed by atoms with Gasteiger partial charge in [-0.15, -0.1) is 0 Å². The van der Waals surface area contributed by atoms with Gasteiger partial charge in [0.05, 0.1) is 6.04 Å². The van der Waals surface area contributed by atoms with Crippen molar-refractivity contribution in [2.45, 2.75) is 84.6 Å². The van der Waals surface area contributed by atoms with Crippen LogP contribution in [0.4, 0.5) is 4.79 Å². The van der Waals surface area contributed by atoms with Gasteiger partial charge in [-0.2, -0.15) is 0 Å². The van der Waals surface area contributed by atoms with E-state index in [1.807, 2.05) is 13.8 Å². The van der Waals surface area contributed by atoms with Crippen LogP contribution in [-0.4, -0.2) is 41.5 Å². The van der Waals surface area contributed by atoms with Crippen LogP contribution in [0.1, 0.15) is 66.7 Å². The SMILES string of the molecule is CC(C)C[C@@H](NC(=O)OC(C)(C)C)C(O)NNC(=O)CCCCCN. The molecule has 0 fully saturated rings. The first-order chi connectivity index (χ1) is 11.5. The van der Waals surface area contributed by atoms with Gasteiger partial charge in [0.15, 0.2) is 0 Å². The molecule has 0 aromatic rings. The minimum atomic E-state index is -1.12. The molecular formula is C17H36N4O4. The second-order valence-corrected chi connectivity index (χ2v) is 7.62. The van der Waals surface area contributed by atoms with Crippen molar-refractivity contribution in [3.8, 4) is 0 Å². The van der Waals surface area contributed by atoms with Crippen LogP contribution in [0.25, 0.3) is 0 Å². The summed E-state index contributed by atoms with van der Waals surface area (Å²) in [5, 5.41) is 12.9. The van der Waals surface area contributed by atoms with Gasteiger partial charge in [-0.25, -0.2) is 10.2 Å². The molecule has 0 saturated heterocycles. The van der Waals surface area contributed by atoms with Crippen LogP contribution in [-0.2, 0) is 9.53 Å². The number of amides is 2. The van der Waals surface area contributed by atoms with Gasteiger partial charge in [0.25, 0.3) is 0 Å². The van der Waals surface area contributed by atoms with E-state index in [9.17, 15) is 14.7 Å². The molecule has 0 aliphatic rings. The highest BCUT2D eigenvalue weighted by molar-refractivity contribution is 5.75. The Morgan fingerprint density at radius 2 is 1.80 bits per heavy atom. The number of nitrogens with one attached hydrogen (secondary N) is 3. The Balaban J connectivity index is 4.41. The molecule has 8 heteroatoms. The number of nitrogens with two attached hydrogens (primary N) is 1. The third kappa shape index (κ3) is 13.6. The van der Waals surface area contributed by atoms with Gasteiger partial charge in [-0.1, -0.05) is 20.3 Å². The minimum Gasteiger partial charge on any atom is -0.444 e. The van der Waals surface area contributed by atoms with E-state index in [-0.39, 0.29) is 11.8 Å². The summed E-state index contributed by atoms with van der Waals surface area (Å²) < 4.78 is 5.22. The van der Waals surface area contributed by atoms with E-state index in [0.717, 1.165) is 19.3 Å². The van der Waals surface area contributed by atoms with E-state index >= 15 is 0 Å². The lowest BCUT2D eigenvalue weighted by molar-refractivity contribution is -0.123. The molecule has 0 aromatic carbocycles. The second kappa shape index (κ2) is 12.1. The summed E-state index contributed by atoms with van der Waals surface area (Å²) in [6.07, 6.45) is 1.68. The van der Waals surface area contributed by atoms with Crippen LogP contribution < -0.4 is 21.9 Å². The topological polar surface area (TPSA) is 126 Å². The third-order valence-corrected chi connectivity index (χ3v) is 3.28. The average molecular weight is 360 g/mol. The number of alkyl carbamates (subject to hydrolysis) is 1. The predicted molar refractivity (Wildman–Crippen MR) is 97.4 cm³/mol. The molecule has 0 aliphatic heterocycles. The maximum Gasteiger partial charge on any atom is 0.408 e. The molecule has 0 spiro atoms. The summed E-state index contributed by atoms with van der Waals surface area (Å²) in [6.45, 7) is 9.88. The van der Waals surface area contributed by atoms with Crippen molar-refractivity contribution in [2.24, 2.45) is 11.7 Å². The normalized spacial score (nSPS) is 14.1. The Morgan fingerprint density at radius 3 is 2.32 bits per heavy atom. The Bertz CT molecular complexity index is 397. The summed E-state index contributed by atoms with van der Waals surface area (Å²) in [5.74, 6) is 0.0278. The van der Waals surface area contributed by atoms with E-state index < -0.39 is 24.0 Å². The quantitative estimate of drug-likeness (QED) is 0.215. The van der Waals surface area contributed by atoms with Crippen LogP contribution in [0.2, 0.25) is 0 Å². The smallest absolute Gasteiger partial charge is 0.408 e. The fraction of sp³-hybridized carbons (Fsp3) is 0.882. The van der Waals surface area contributed by atoms with Crippen LogP contribution in [0.5, 0.6) is 0 Å². The molecule has 0 aromatic heterocycles. The van der Waals surface area contributed by atoms with Crippen molar-refractivity contribution < 1.29 is 19.4 Å². The van der Waals surface area contributed by atoms with Crippen LogP contribution in [0, 0.1) is 5.92 Å². The largest absolute Gasteiger partial charge is 0.444 e. The number of aliphatic hydroxyl groups excluding tert-OH is 1. The Morgan fingerprint density at radius 1 is 1.16 bits per heavy atom. The van der Waals surface area contributed by atoms with Crippen molar-refractivity contribution in [3.05, 3.63) is 0 Å². The first kappa shape index (κ1) is 23.6. The molecule has 6 N–H and O–H groups in total. The lowest BCUT2D eigenvalue weighted by atomic mass is 10.0. The number of aliphatic hydroxyl groups is 1. The zero-order valence-corrected chi connectivity index (χ0v) is 16.2. The molecule has 0 bridgehead atoms. The van der Waals surface area contributed by atoms with Gasteiger partial charge in [-0.05, 0) is 52.5 Å². The van der Waals surface area contributed by atoms with Crippen LogP contribution in [0.15, 0.2) is 0 Å². The molecule has 0 aliphatic carbocycles. The molecule has 0 heterocycles. The average Bonchev–Trinajstić information content (AvgIpc) is 2.46. The van der Waals surface area contributed by atoms with E-state index in [4.69, 9.17) is 10.5 Å². The lowest BCUT2D eigenvalue weighted by Crippen LogP contribution is -2.56. The van der Waals surface area contributed by atoms with Gasteiger partial charge >= 0.3 is 6.09 Å². The standard InChI is InChI=1S/C17H36N4O4/c1-12(2)11-13(19-16(24)25-17(3,4)5)15(23)21-20-14(22)9-7-6-8-10-18/h12-13,15,21,23H,6-11,18H2,1-5H3,(H,19,24)(H,20,22)/t13-,15?/m1/s1. The molecule has 25 heavy (non-hydrogen) atoms. The van der Waals surface area contributed by atoms with Gasteiger partial charge in [0, 0.05) is 6.42 Å². The number of ether oxygens (including phenoxy) is 1. The summed E-state index contributed by atoms with van der Waals surface area (Å²) in [5.41, 5.74) is 9.81. The third-order valence-electron chi connectivity index (χ3n) is 3.28. The highest BCUT2D eigenvalue weighted by Gasteiger charge is 2.25. The second-order valence-electron chi connectivity index (χ2n) is 7.62. The van der Waals surface area contributed by atoms with Crippen molar-refractivity contribution in [1.29, 1.82) is 0 Å². The van der Waals surface area contributed by atoms with E-state index in [1.165, 1.54) is 0 Å². The fourth-order valence-corrected chi connectivity index (χ4v) is 2.16. The number of unbranched alkanes of at least 4 members (excludes halogenated alkanes) is 2. The highest BCUT2D eigenvalue weighted by Crippen LogP contribution is 2.10. The van der Waals surface area contributed by atoms with Gasteiger partial charge in [-0.3, -0.25) is 10.2 Å². The highest BCUT2D eigenvalue weighted by atomic mass is 16.6. The number of hydrazine groups is 1. The summed E-state index contributed by atoms with van der Waals surface area (Å²) >= 11 is 0. The molecule has 8 nitrogen and oxygen atoms in total.